The highest BCUT2D eigenvalue weighted by atomic mass is 16.5. The Balaban J connectivity index is 1.61. The predicted molar refractivity (Wildman–Crippen MR) is 122 cm³/mol. The smallest absolute Gasteiger partial charge is 0.157 e. The SMILES string of the molecule is c1ccc([C@H](B2C3CCCC2CCC3)[C@H](c2ccccc2)N2CCOCC2)cc1. The minimum Gasteiger partial charge on any atom is -0.379 e. The molecule has 5 rings (SSSR count). The van der Waals surface area contributed by atoms with Crippen molar-refractivity contribution in [3.05, 3.63) is 71.8 Å². The number of ether oxygens (including phenoxy) is 1. The molecule has 0 N–H and O–H groups in total. The second kappa shape index (κ2) is 9.06. The quantitative estimate of drug-likeness (QED) is 0.585. The van der Waals surface area contributed by atoms with E-state index in [-0.39, 0.29) is 0 Å². The average molecular weight is 387 g/mol. The van der Waals surface area contributed by atoms with Gasteiger partial charge in [-0.25, -0.2) is 0 Å². The van der Waals surface area contributed by atoms with E-state index in [9.17, 15) is 0 Å². The zero-order valence-electron chi connectivity index (χ0n) is 17.6. The first kappa shape index (κ1) is 19.4. The Bertz CT molecular complexity index is 739. The van der Waals surface area contributed by atoms with Gasteiger partial charge in [-0.15, -0.1) is 0 Å². The van der Waals surface area contributed by atoms with E-state index in [4.69, 9.17) is 4.74 Å². The number of benzene rings is 2. The Labute approximate surface area is 176 Å². The molecule has 2 atom stereocenters. The Morgan fingerprint density at radius 1 is 0.724 bits per heavy atom. The number of hydrogen-bond donors (Lipinski definition) is 0. The van der Waals surface area contributed by atoms with E-state index in [1.807, 2.05) is 0 Å². The van der Waals surface area contributed by atoms with Crippen molar-refractivity contribution in [3.63, 3.8) is 0 Å². The normalized spacial score (nSPS) is 27.4. The summed E-state index contributed by atoms with van der Waals surface area (Å²) in [5.74, 6) is 2.38. The lowest BCUT2D eigenvalue weighted by atomic mass is 9.21. The third-order valence-electron chi connectivity index (χ3n) is 7.91. The molecule has 0 spiro atoms. The Kier molecular flexibility index (Phi) is 6.06. The monoisotopic (exact) mass is 387 g/mol. The van der Waals surface area contributed by atoms with Gasteiger partial charge in [-0.05, 0) is 11.4 Å². The molecule has 3 fully saturated rings. The number of nitrogens with zero attached hydrogens (tertiary/aromatic N) is 1. The molecular weight excluding hydrogens is 353 g/mol. The first-order valence-electron chi connectivity index (χ1n) is 11.8. The van der Waals surface area contributed by atoms with Gasteiger partial charge in [0.1, 0.15) is 0 Å². The van der Waals surface area contributed by atoms with Crippen LogP contribution in [0.25, 0.3) is 0 Å². The standard InChI is InChI=1S/C26H34BNO/c1-3-9-21(10-4-1)25(27-23-13-7-14-24(27)16-8-15-23)26(22-11-5-2-6-12-22)28-17-19-29-20-18-28/h1-6,9-12,23-26H,7-8,13-20H2/t23?,24?,25-,26-/m0/s1. The third-order valence-corrected chi connectivity index (χ3v) is 7.91. The molecule has 3 heteroatoms. The number of fused-ring (bicyclic) bond motifs is 2. The molecule has 0 unspecified atom stereocenters. The summed E-state index contributed by atoms with van der Waals surface area (Å²) in [4.78, 5) is 2.74. The molecule has 3 heterocycles. The average Bonchev–Trinajstić information content (AvgIpc) is 2.79. The predicted octanol–water partition coefficient (Wildman–Crippen LogP) is 5.99. The Morgan fingerprint density at radius 3 is 1.79 bits per heavy atom. The zero-order valence-corrected chi connectivity index (χ0v) is 17.6. The van der Waals surface area contributed by atoms with Crippen LogP contribution in [0.2, 0.25) is 11.6 Å². The van der Waals surface area contributed by atoms with E-state index < -0.39 is 0 Å². The highest BCUT2D eigenvalue weighted by Crippen LogP contribution is 2.54. The summed E-state index contributed by atoms with van der Waals surface area (Å²) < 4.78 is 5.75. The molecule has 152 valence electrons. The molecule has 0 aromatic heterocycles. The Hall–Kier alpha value is -1.58. The lowest BCUT2D eigenvalue weighted by molar-refractivity contribution is 0.0141. The van der Waals surface area contributed by atoms with Crippen LogP contribution < -0.4 is 0 Å². The summed E-state index contributed by atoms with van der Waals surface area (Å²) in [6.07, 6.45) is 8.65. The van der Waals surface area contributed by atoms with Gasteiger partial charge in [-0.2, -0.15) is 0 Å². The van der Waals surface area contributed by atoms with Crippen molar-refractivity contribution in [2.45, 2.75) is 62.0 Å². The largest absolute Gasteiger partial charge is 0.379 e. The fourth-order valence-corrected chi connectivity index (χ4v) is 6.76. The van der Waals surface area contributed by atoms with Gasteiger partial charge in [0, 0.05) is 19.1 Å². The first-order valence-corrected chi connectivity index (χ1v) is 11.8. The fraction of sp³-hybridized carbons (Fsp3) is 0.538. The molecule has 2 nitrogen and oxygen atoms in total. The summed E-state index contributed by atoms with van der Waals surface area (Å²) in [7, 11) is 0. The maximum Gasteiger partial charge on any atom is 0.157 e. The van der Waals surface area contributed by atoms with Crippen molar-refractivity contribution in [1.29, 1.82) is 0 Å². The van der Waals surface area contributed by atoms with Gasteiger partial charge in [0.05, 0.1) is 13.2 Å². The van der Waals surface area contributed by atoms with E-state index in [2.05, 4.69) is 65.6 Å². The molecule has 3 aliphatic rings. The van der Waals surface area contributed by atoms with Crippen molar-refractivity contribution >= 4 is 6.71 Å². The second-order valence-corrected chi connectivity index (χ2v) is 9.40. The topological polar surface area (TPSA) is 12.5 Å². The summed E-state index contributed by atoms with van der Waals surface area (Å²) in [6.45, 7) is 4.63. The fourth-order valence-electron chi connectivity index (χ4n) is 6.76. The number of morpholine rings is 1. The van der Waals surface area contributed by atoms with Crippen LogP contribution >= 0.6 is 0 Å². The Morgan fingerprint density at radius 2 is 1.24 bits per heavy atom. The molecule has 3 aliphatic heterocycles. The molecule has 2 bridgehead atoms. The van der Waals surface area contributed by atoms with Crippen molar-refractivity contribution in [2.75, 3.05) is 26.3 Å². The molecule has 2 aromatic rings. The zero-order chi connectivity index (χ0) is 19.5. The summed E-state index contributed by atoms with van der Waals surface area (Å²) in [5, 5.41) is 0. The highest BCUT2D eigenvalue weighted by molar-refractivity contribution is 6.64. The molecular formula is C26H34BNO. The molecule has 3 saturated heterocycles. The molecule has 0 aliphatic carbocycles. The lowest BCUT2D eigenvalue weighted by Crippen LogP contribution is -2.48. The van der Waals surface area contributed by atoms with E-state index in [1.54, 1.807) is 5.56 Å². The lowest BCUT2D eigenvalue weighted by Gasteiger charge is -2.49. The van der Waals surface area contributed by atoms with E-state index in [1.165, 1.54) is 44.1 Å². The number of hydrogen-bond acceptors (Lipinski definition) is 2. The van der Waals surface area contributed by atoms with Gasteiger partial charge in [0.15, 0.2) is 6.71 Å². The van der Waals surface area contributed by atoms with Crippen LogP contribution in [0.4, 0.5) is 0 Å². The summed E-state index contributed by atoms with van der Waals surface area (Å²) >= 11 is 0. The third kappa shape index (κ3) is 4.05. The van der Waals surface area contributed by atoms with Gasteiger partial charge in [0.2, 0.25) is 0 Å². The minimum atomic E-state index is 0.452. The minimum absolute atomic E-state index is 0.452. The maximum absolute atomic E-state index is 5.75. The van der Waals surface area contributed by atoms with Gasteiger partial charge in [0.25, 0.3) is 0 Å². The molecule has 0 radical (unpaired) electrons. The van der Waals surface area contributed by atoms with E-state index in [0.29, 0.717) is 11.9 Å². The molecule has 2 aromatic carbocycles. The van der Waals surface area contributed by atoms with Crippen LogP contribution in [-0.4, -0.2) is 37.9 Å². The first-order chi connectivity index (χ1) is 14.4. The van der Waals surface area contributed by atoms with Crippen molar-refractivity contribution in [1.82, 2.24) is 4.90 Å². The molecule has 29 heavy (non-hydrogen) atoms. The van der Waals surface area contributed by atoms with Gasteiger partial charge < -0.3 is 4.74 Å². The van der Waals surface area contributed by atoms with Crippen LogP contribution in [0.5, 0.6) is 0 Å². The molecule has 0 saturated carbocycles. The highest BCUT2D eigenvalue weighted by Gasteiger charge is 2.48. The van der Waals surface area contributed by atoms with Crippen molar-refractivity contribution in [3.8, 4) is 0 Å². The van der Waals surface area contributed by atoms with E-state index in [0.717, 1.165) is 44.7 Å². The van der Waals surface area contributed by atoms with Gasteiger partial charge in [-0.3, -0.25) is 4.90 Å². The van der Waals surface area contributed by atoms with Crippen LogP contribution in [0, 0.1) is 0 Å². The van der Waals surface area contributed by atoms with Crippen molar-refractivity contribution in [2.24, 2.45) is 0 Å². The van der Waals surface area contributed by atoms with Crippen molar-refractivity contribution < 1.29 is 4.74 Å². The number of rotatable bonds is 5. The van der Waals surface area contributed by atoms with Crippen LogP contribution in [0.3, 0.4) is 0 Å². The van der Waals surface area contributed by atoms with Crippen LogP contribution in [0.15, 0.2) is 60.7 Å². The van der Waals surface area contributed by atoms with E-state index >= 15 is 0 Å². The summed E-state index contributed by atoms with van der Waals surface area (Å²) in [5.41, 5.74) is 3.04. The van der Waals surface area contributed by atoms with Gasteiger partial charge >= 0.3 is 0 Å². The maximum atomic E-state index is 5.75. The van der Waals surface area contributed by atoms with Gasteiger partial charge in [-0.1, -0.05) is 116 Å². The summed E-state index contributed by atoms with van der Waals surface area (Å²) in [6, 6.07) is 23.3. The van der Waals surface area contributed by atoms with Crippen LogP contribution in [0.1, 0.15) is 61.5 Å². The second-order valence-electron chi connectivity index (χ2n) is 9.40. The molecule has 0 amide bonds. The van der Waals surface area contributed by atoms with Crippen LogP contribution in [-0.2, 0) is 4.74 Å².